The maximum Gasteiger partial charge on any atom is 0.358 e. The average molecular weight is 289 g/mol. The Morgan fingerprint density at radius 1 is 1.33 bits per heavy atom. The Balaban J connectivity index is 2.40. The van der Waals surface area contributed by atoms with Crippen LogP contribution in [0.15, 0.2) is 24.3 Å². The first-order valence-corrected chi connectivity index (χ1v) is 6.26. The summed E-state index contributed by atoms with van der Waals surface area (Å²) in [5, 5.41) is 19.2. The van der Waals surface area contributed by atoms with Crippen molar-refractivity contribution in [1.82, 2.24) is 20.3 Å². The lowest BCUT2D eigenvalue weighted by molar-refractivity contribution is -0.120. The lowest BCUT2D eigenvalue weighted by atomic mass is 10.1. The Hall–Kier alpha value is -2.90. The van der Waals surface area contributed by atoms with Crippen LogP contribution in [0.1, 0.15) is 16.9 Å². The van der Waals surface area contributed by atoms with Crippen molar-refractivity contribution in [2.75, 3.05) is 12.8 Å². The summed E-state index contributed by atoms with van der Waals surface area (Å²) >= 11 is 0. The van der Waals surface area contributed by atoms with E-state index in [0.717, 1.165) is 0 Å². The predicted octanol–water partition coefficient (Wildman–Crippen LogP) is 0.362. The average Bonchev–Trinajstić information content (AvgIpc) is 2.89. The predicted molar refractivity (Wildman–Crippen MR) is 75.5 cm³/mol. The second kappa shape index (κ2) is 6.04. The molecule has 0 atom stereocenters. The van der Waals surface area contributed by atoms with Gasteiger partial charge >= 0.3 is 5.97 Å². The van der Waals surface area contributed by atoms with E-state index in [-0.39, 0.29) is 24.6 Å². The highest BCUT2D eigenvalue weighted by Gasteiger charge is 2.20. The van der Waals surface area contributed by atoms with E-state index < -0.39 is 5.97 Å². The molecule has 0 fully saturated rings. The highest BCUT2D eigenvalue weighted by atomic mass is 16.4. The minimum atomic E-state index is -1.17. The number of hydrogen-bond donors (Lipinski definition) is 3. The van der Waals surface area contributed by atoms with Crippen molar-refractivity contribution >= 4 is 17.6 Å². The van der Waals surface area contributed by atoms with Crippen LogP contribution in [0.25, 0.3) is 11.3 Å². The van der Waals surface area contributed by atoms with Gasteiger partial charge in [-0.25, -0.2) is 9.48 Å². The van der Waals surface area contributed by atoms with Crippen LogP contribution in [0, 0.1) is 0 Å². The summed E-state index contributed by atoms with van der Waals surface area (Å²) < 4.78 is 1.41. The molecule has 0 radical (unpaired) electrons. The summed E-state index contributed by atoms with van der Waals surface area (Å²) in [5.41, 5.74) is 7.02. The molecule has 2 rings (SSSR count). The van der Waals surface area contributed by atoms with Gasteiger partial charge in [-0.2, -0.15) is 0 Å². The molecule has 8 nitrogen and oxygen atoms in total. The summed E-state index contributed by atoms with van der Waals surface area (Å²) in [7, 11) is 1.53. The molecule has 1 aromatic carbocycles. The van der Waals surface area contributed by atoms with E-state index in [1.165, 1.54) is 11.7 Å². The molecule has 0 saturated heterocycles. The lowest BCUT2D eigenvalue weighted by Gasteiger charge is -2.07. The Bertz CT molecular complexity index is 663. The SMILES string of the molecule is CNC(=O)CCn1nnc(C(=O)O)c1-c1ccc(N)cc1. The van der Waals surface area contributed by atoms with Crippen LogP contribution in [-0.4, -0.2) is 39.0 Å². The number of carboxylic acid groups (broad SMARTS) is 1. The summed E-state index contributed by atoms with van der Waals surface area (Å²) in [6.07, 6.45) is 0.181. The number of nitrogens with zero attached hydrogens (tertiary/aromatic N) is 3. The number of rotatable bonds is 5. The molecule has 110 valence electrons. The molecule has 0 spiro atoms. The number of aryl methyl sites for hydroxylation is 1. The van der Waals surface area contributed by atoms with Crippen molar-refractivity contribution in [3.05, 3.63) is 30.0 Å². The number of amides is 1. The van der Waals surface area contributed by atoms with Gasteiger partial charge in [0.1, 0.15) is 5.69 Å². The molecule has 2 aromatic rings. The number of nitrogens with two attached hydrogens (primary N) is 1. The first kappa shape index (κ1) is 14.5. The molecule has 1 heterocycles. The largest absolute Gasteiger partial charge is 0.476 e. The van der Waals surface area contributed by atoms with E-state index in [2.05, 4.69) is 15.6 Å². The minimum absolute atomic E-state index is 0.156. The van der Waals surface area contributed by atoms with Crippen LogP contribution in [0.3, 0.4) is 0 Å². The minimum Gasteiger partial charge on any atom is -0.476 e. The van der Waals surface area contributed by atoms with E-state index in [4.69, 9.17) is 5.73 Å². The van der Waals surface area contributed by atoms with Crippen molar-refractivity contribution in [2.24, 2.45) is 0 Å². The van der Waals surface area contributed by atoms with Crippen LogP contribution >= 0.6 is 0 Å². The molecule has 1 aromatic heterocycles. The number of carbonyl (C=O) groups is 2. The molecular weight excluding hydrogens is 274 g/mol. The second-order valence-electron chi connectivity index (χ2n) is 4.36. The number of nitrogen functional groups attached to an aromatic ring is 1. The van der Waals surface area contributed by atoms with Gasteiger partial charge < -0.3 is 16.2 Å². The maximum atomic E-state index is 11.3. The quantitative estimate of drug-likeness (QED) is 0.683. The van der Waals surface area contributed by atoms with Gasteiger partial charge in [-0.15, -0.1) is 5.10 Å². The van der Waals surface area contributed by atoms with Gasteiger partial charge in [0.25, 0.3) is 0 Å². The van der Waals surface area contributed by atoms with Gasteiger partial charge in [0.2, 0.25) is 5.91 Å². The van der Waals surface area contributed by atoms with Crippen LogP contribution in [0.5, 0.6) is 0 Å². The topological polar surface area (TPSA) is 123 Å². The van der Waals surface area contributed by atoms with Gasteiger partial charge in [0, 0.05) is 24.7 Å². The van der Waals surface area contributed by atoms with Gasteiger partial charge in [-0.3, -0.25) is 4.79 Å². The van der Waals surface area contributed by atoms with Crippen LogP contribution in [0.2, 0.25) is 0 Å². The molecular formula is C13H15N5O3. The van der Waals surface area contributed by atoms with Crippen molar-refractivity contribution in [1.29, 1.82) is 0 Å². The zero-order valence-corrected chi connectivity index (χ0v) is 11.4. The van der Waals surface area contributed by atoms with Gasteiger partial charge in [0.15, 0.2) is 5.69 Å². The number of anilines is 1. The van der Waals surface area contributed by atoms with Crippen molar-refractivity contribution < 1.29 is 14.7 Å². The Morgan fingerprint density at radius 3 is 2.57 bits per heavy atom. The van der Waals surface area contributed by atoms with Gasteiger partial charge in [-0.05, 0) is 12.1 Å². The molecule has 0 unspecified atom stereocenters. The first-order valence-electron chi connectivity index (χ1n) is 6.26. The highest BCUT2D eigenvalue weighted by molar-refractivity contribution is 5.92. The molecule has 21 heavy (non-hydrogen) atoms. The smallest absolute Gasteiger partial charge is 0.358 e. The molecule has 0 aliphatic rings. The number of carboxylic acids is 1. The third-order valence-electron chi connectivity index (χ3n) is 2.95. The summed E-state index contributed by atoms with van der Waals surface area (Å²) in [5.74, 6) is -1.33. The van der Waals surface area contributed by atoms with E-state index in [0.29, 0.717) is 16.9 Å². The van der Waals surface area contributed by atoms with Crippen LogP contribution < -0.4 is 11.1 Å². The van der Waals surface area contributed by atoms with E-state index in [9.17, 15) is 14.7 Å². The first-order chi connectivity index (χ1) is 10.0. The second-order valence-corrected chi connectivity index (χ2v) is 4.36. The highest BCUT2D eigenvalue weighted by Crippen LogP contribution is 2.23. The fourth-order valence-corrected chi connectivity index (χ4v) is 1.87. The molecule has 1 amide bonds. The number of aromatic carboxylic acids is 1. The Kier molecular flexibility index (Phi) is 4.17. The fraction of sp³-hybridized carbons (Fsp3) is 0.231. The van der Waals surface area contributed by atoms with E-state index >= 15 is 0 Å². The molecule has 0 aliphatic carbocycles. The Labute approximate surface area is 120 Å². The zero-order valence-electron chi connectivity index (χ0n) is 11.4. The summed E-state index contributed by atoms with van der Waals surface area (Å²) in [6, 6.07) is 6.71. The van der Waals surface area contributed by atoms with Gasteiger partial charge in [-0.1, -0.05) is 17.3 Å². The number of aromatic nitrogens is 3. The molecule has 0 bridgehead atoms. The Morgan fingerprint density at radius 2 is 2.00 bits per heavy atom. The van der Waals surface area contributed by atoms with Crippen LogP contribution in [0.4, 0.5) is 5.69 Å². The normalized spacial score (nSPS) is 10.3. The lowest BCUT2D eigenvalue weighted by Crippen LogP contribution is -2.20. The van der Waals surface area contributed by atoms with Crippen LogP contribution in [-0.2, 0) is 11.3 Å². The van der Waals surface area contributed by atoms with E-state index in [1.54, 1.807) is 24.3 Å². The van der Waals surface area contributed by atoms with Crippen molar-refractivity contribution in [3.8, 4) is 11.3 Å². The number of benzene rings is 1. The van der Waals surface area contributed by atoms with E-state index in [1.807, 2.05) is 0 Å². The standard InChI is InChI=1S/C13H15N5O3/c1-15-10(19)6-7-18-12(11(13(20)21)16-17-18)8-2-4-9(14)5-3-8/h2-5H,6-7,14H2,1H3,(H,15,19)(H,20,21). The third kappa shape index (κ3) is 3.16. The summed E-state index contributed by atoms with van der Waals surface area (Å²) in [4.78, 5) is 22.6. The summed E-state index contributed by atoms with van der Waals surface area (Å²) in [6.45, 7) is 0.236. The monoisotopic (exact) mass is 289 g/mol. The number of hydrogen-bond acceptors (Lipinski definition) is 5. The maximum absolute atomic E-state index is 11.3. The molecule has 4 N–H and O–H groups in total. The molecule has 8 heteroatoms. The third-order valence-corrected chi connectivity index (χ3v) is 2.95. The number of carbonyl (C=O) groups excluding carboxylic acids is 1. The van der Waals surface area contributed by atoms with Crippen molar-refractivity contribution in [3.63, 3.8) is 0 Å². The molecule has 0 saturated carbocycles. The molecule has 0 aliphatic heterocycles. The number of nitrogens with one attached hydrogen (secondary N) is 1. The van der Waals surface area contributed by atoms with Crippen molar-refractivity contribution in [2.45, 2.75) is 13.0 Å². The fourth-order valence-electron chi connectivity index (χ4n) is 1.87. The zero-order chi connectivity index (χ0) is 15.4. The van der Waals surface area contributed by atoms with Gasteiger partial charge in [0.05, 0.1) is 6.54 Å².